The van der Waals surface area contributed by atoms with Gasteiger partial charge in [0.05, 0.1) is 33.0 Å². The second kappa shape index (κ2) is 18.3. The maximum absolute atomic E-state index is 11.7. The van der Waals surface area contributed by atoms with Crippen molar-refractivity contribution < 1.29 is 28.5 Å². The monoisotopic (exact) mass is 558 g/mol. The van der Waals surface area contributed by atoms with Gasteiger partial charge in [-0.05, 0) is 85.5 Å². The highest BCUT2D eigenvalue weighted by Crippen LogP contribution is 2.20. The molecule has 6 nitrogen and oxygen atoms in total. The van der Waals surface area contributed by atoms with E-state index in [1.54, 1.807) is 0 Å². The second-order valence-electron chi connectivity index (χ2n) is 9.95. The Balaban J connectivity index is 1.43. The van der Waals surface area contributed by atoms with Crippen molar-refractivity contribution in [2.45, 2.75) is 51.4 Å². The number of unbranched alkanes of at least 4 members (excludes halogenated alkanes) is 1. The molecule has 0 amide bonds. The summed E-state index contributed by atoms with van der Waals surface area (Å²) in [6.45, 7) is 1.24. The van der Waals surface area contributed by atoms with Gasteiger partial charge in [-0.15, -0.1) is 0 Å². The molecule has 1 atom stereocenters. The van der Waals surface area contributed by atoms with E-state index >= 15 is 0 Å². The quantitative estimate of drug-likeness (QED) is 0.0920. The Kier molecular flexibility index (Phi) is 14.1. The van der Waals surface area contributed by atoms with Crippen molar-refractivity contribution in [2.75, 3.05) is 27.4 Å². The van der Waals surface area contributed by atoms with Gasteiger partial charge in [0.2, 0.25) is 0 Å². The SMILES string of the molecule is COC(=O)CCCCC(/C=C\CCc1ccc(OCCCOc2ccccc2)cc1)Cc1ccc(C(=O)OC)cc1. The Morgan fingerprint density at radius 1 is 0.732 bits per heavy atom. The lowest BCUT2D eigenvalue weighted by atomic mass is 9.92. The summed E-state index contributed by atoms with van der Waals surface area (Å²) in [5.41, 5.74) is 2.99. The fourth-order valence-electron chi connectivity index (χ4n) is 4.49. The number of rotatable bonds is 18. The highest BCUT2D eigenvalue weighted by molar-refractivity contribution is 5.89. The van der Waals surface area contributed by atoms with Crippen molar-refractivity contribution in [3.8, 4) is 11.5 Å². The van der Waals surface area contributed by atoms with Gasteiger partial charge in [-0.2, -0.15) is 0 Å². The zero-order valence-electron chi connectivity index (χ0n) is 24.3. The predicted octanol–water partition coefficient (Wildman–Crippen LogP) is 7.40. The van der Waals surface area contributed by atoms with Gasteiger partial charge in [0.25, 0.3) is 0 Å². The summed E-state index contributed by atoms with van der Waals surface area (Å²) in [5.74, 6) is 1.60. The second-order valence-corrected chi connectivity index (χ2v) is 9.95. The topological polar surface area (TPSA) is 71.1 Å². The molecule has 218 valence electrons. The Bertz CT molecular complexity index is 1190. The molecule has 0 bridgehead atoms. The number of aryl methyl sites for hydroxylation is 1. The van der Waals surface area contributed by atoms with Crippen molar-refractivity contribution in [3.63, 3.8) is 0 Å². The first-order valence-electron chi connectivity index (χ1n) is 14.4. The average Bonchev–Trinajstić information content (AvgIpc) is 3.02. The number of carbonyl (C=O) groups excluding carboxylic acids is 2. The van der Waals surface area contributed by atoms with Gasteiger partial charge >= 0.3 is 11.9 Å². The van der Waals surface area contributed by atoms with Gasteiger partial charge in [-0.3, -0.25) is 4.79 Å². The van der Waals surface area contributed by atoms with E-state index < -0.39 is 0 Å². The van der Waals surface area contributed by atoms with Gasteiger partial charge in [-0.1, -0.05) is 61.0 Å². The molecule has 0 aliphatic heterocycles. The molecule has 0 N–H and O–H groups in total. The lowest BCUT2D eigenvalue weighted by Crippen LogP contribution is -2.05. The molecule has 3 rings (SSSR count). The van der Waals surface area contributed by atoms with Crippen LogP contribution in [0, 0.1) is 5.92 Å². The van der Waals surface area contributed by atoms with E-state index in [1.807, 2.05) is 66.7 Å². The van der Waals surface area contributed by atoms with Crippen LogP contribution in [0.15, 0.2) is 91.0 Å². The van der Waals surface area contributed by atoms with Crippen LogP contribution in [0.1, 0.15) is 60.0 Å². The first kappa shape index (κ1) is 31.5. The summed E-state index contributed by atoms with van der Waals surface area (Å²) in [4.78, 5) is 23.2. The molecular weight excluding hydrogens is 516 g/mol. The first-order valence-corrected chi connectivity index (χ1v) is 14.4. The summed E-state index contributed by atoms with van der Waals surface area (Å²) in [5, 5.41) is 0. The van der Waals surface area contributed by atoms with E-state index in [1.165, 1.54) is 25.3 Å². The zero-order chi connectivity index (χ0) is 29.1. The molecule has 0 radical (unpaired) electrons. The molecule has 0 aliphatic carbocycles. The van der Waals surface area contributed by atoms with Gasteiger partial charge in [0.1, 0.15) is 11.5 Å². The van der Waals surface area contributed by atoms with Crippen LogP contribution in [-0.4, -0.2) is 39.4 Å². The molecule has 1 unspecified atom stereocenters. The molecule has 0 heterocycles. The Morgan fingerprint density at radius 3 is 2.05 bits per heavy atom. The van der Waals surface area contributed by atoms with E-state index in [0.29, 0.717) is 31.1 Å². The zero-order valence-corrected chi connectivity index (χ0v) is 24.3. The Labute approximate surface area is 244 Å². The minimum Gasteiger partial charge on any atom is -0.493 e. The third kappa shape index (κ3) is 12.3. The molecule has 0 fully saturated rings. The molecular formula is C35H42O6. The molecule has 6 heteroatoms. The standard InChI is InChI=1S/C35H42O6/c1-38-34(36)16-9-8-13-29(27-30-17-21-31(22-18-30)35(37)39-2)12-7-6-11-28-19-23-33(24-20-28)41-26-10-25-40-32-14-4-3-5-15-32/h3-5,7,12,14-15,17-24,29H,6,8-11,13,16,25-27H2,1-2H3/b12-7-. The van der Waals surface area contributed by atoms with E-state index in [0.717, 1.165) is 56.4 Å². The third-order valence-corrected chi connectivity index (χ3v) is 6.81. The smallest absolute Gasteiger partial charge is 0.337 e. The third-order valence-electron chi connectivity index (χ3n) is 6.81. The molecule has 0 spiro atoms. The van der Waals surface area contributed by atoms with E-state index in [-0.39, 0.29) is 11.9 Å². The number of hydrogen-bond donors (Lipinski definition) is 0. The van der Waals surface area contributed by atoms with Crippen molar-refractivity contribution >= 4 is 11.9 Å². The largest absolute Gasteiger partial charge is 0.493 e. The minimum atomic E-state index is -0.330. The van der Waals surface area contributed by atoms with Gasteiger partial charge in [0, 0.05) is 12.8 Å². The summed E-state index contributed by atoms with van der Waals surface area (Å²) in [6, 6.07) is 25.7. The lowest BCUT2D eigenvalue weighted by Gasteiger charge is -2.13. The number of para-hydroxylation sites is 1. The predicted molar refractivity (Wildman–Crippen MR) is 161 cm³/mol. The van der Waals surface area contributed by atoms with Crippen molar-refractivity contribution in [3.05, 3.63) is 108 Å². The minimum absolute atomic E-state index is 0.163. The highest BCUT2D eigenvalue weighted by atomic mass is 16.5. The molecule has 0 saturated carbocycles. The van der Waals surface area contributed by atoms with E-state index in [9.17, 15) is 9.59 Å². The van der Waals surface area contributed by atoms with Crippen LogP contribution in [0.2, 0.25) is 0 Å². The van der Waals surface area contributed by atoms with Crippen LogP contribution in [0.5, 0.6) is 11.5 Å². The summed E-state index contributed by atoms with van der Waals surface area (Å²) < 4.78 is 21.1. The van der Waals surface area contributed by atoms with Gasteiger partial charge in [-0.25, -0.2) is 4.79 Å². The number of methoxy groups -OCH3 is 2. The number of allylic oxidation sites excluding steroid dienone is 2. The number of carbonyl (C=O) groups is 2. The van der Waals surface area contributed by atoms with Crippen LogP contribution in [0.4, 0.5) is 0 Å². The van der Waals surface area contributed by atoms with Crippen LogP contribution in [0.3, 0.4) is 0 Å². The summed E-state index contributed by atoms with van der Waals surface area (Å²) in [6.07, 6.45) is 11.3. The molecule has 41 heavy (non-hydrogen) atoms. The number of esters is 2. The molecule has 3 aromatic rings. The van der Waals surface area contributed by atoms with E-state index in [2.05, 4.69) is 24.3 Å². The number of hydrogen-bond acceptors (Lipinski definition) is 6. The number of ether oxygens (including phenoxy) is 4. The maximum Gasteiger partial charge on any atom is 0.337 e. The van der Waals surface area contributed by atoms with Crippen LogP contribution < -0.4 is 9.47 Å². The number of benzene rings is 3. The maximum atomic E-state index is 11.7. The van der Waals surface area contributed by atoms with Crippen molar-refractivity contribution in [1.82, 2.24) is 0 Å². The molecule has 0 aliphatic rings. The van der Waals surface area contributed by atoms with Crippen LogP contribution >= 0.6 is 0 Å². The Morgan fingerprint density at radius 2 is 1.39 bits per heavy atom. The van der Waals surface area contributed by atoms with E-state index in [4.69, 9.17) is 18.9 Å². The van der Waals surface area contributed by atoms with Gasteiger partial charge in [0.15, 0.2) is 0 Å². The lowest BCUT2D eigenvalue weighted by molar-refractivity contribution is -0.140. The van der Waals surface area contributed by atoms with Gasteiger partial charge < -0.3 is 18.9 Å². The Hall–Kier alpha value is -4.06. The summed E-state index contributed by atoms with van der Waals surface area (Å²) >= 11 is 0. The van der Waals surface area contributed by atoms with Crippen LogP contribution in [-0.2, 0) is 27.1 Å². The molecule has 0 aromatic heterocycles. The first-order chi connectivity index (χ1) is 20.1. The molecule has 3 aromatic carbocycles. The van der Waals surface area contributed by atoms with Crippen molar-refractivity contribution in [2.24, 2.45) is 5.92 Å². The average molecular weight is 559 g/mol. The van der Waals surface area contributed by atoms with Crippen molar-refractivity contribution in [1.29, 1.82) is 0 Å². The van der Waals surface area contributed by atoms with Crippen LogP contribution in [0.25, 0.3) is 0 Å². The summed E-state index contributed by atoms with van der Waals surface area (Å²) in [7, 11) is 2.81. The fourth-order valence-corrected chi connectivity index (χ4v) is 4.49. The molecule has 0 saturated heterocycles. The normalized spacial score (nSPS) is 11.7. The fraction of sp³-hybridized carbons (Fsp3) is 0.371. The highest BCUT2D eigenvalue weighted by Gasteiger charge is 2.10.